The van der Waals surface area contributed by atoms with Crippen molar-refractivity contribution in [3.8, 4) is 11.4 Å². The number of nitrogens with zero attached hydrogens (tertiary/aromatic N) is 5. The van der Waals surface area contributed by atoms with Gasteiger partial charge in [-0.1, -0.05) is 18.2 Å². The van der Waals surface area contributed by atoms with E-state index in [1.54, 1.807) is 4.68 Å². The van der Waals surface area contributed by atoms with Gasteiger partial charge in [0.1, 0.15) is 24.9 Å². The van der Waals surface area contributed by atoms with Crippen molar-refractivity contribution in [2.45, 2.75) is 43.7 Å². The number of hydrogen-bond donors (Lipinski definition) is 1. The highest BCUT2D eigenvalue weighted by atomic mass is 16.6. The quantitative estimate of drug-likeness (QED) is 0.676. The number of tetrazole rings is 1. The van der Waals surface area contributed by atoms with Crippen molar-refractivity contribution in [1.82, 2.24) is 30.4 Å². The molecule has 1 aromatic carbocycles. The number of methoxy groups -OCH3 is 1. The lowest BCUT2D eigenvalue weighted by Gasteiger charge is -2.18. The van der Waals surface area contributed by atoms with Crippen LogP contribution in [0.25, 0.3) is 11.4 Å². The molecule has 0 radical (unpaired) electrons. The van der Waals surface area contributed by atoms with E-state index in [0.29, 0.717) is 19.0 Å². The summed E-state index contributed by atoms with van der Waals surface area (Å²) in [4.78, 5) is 14.4. The Hall–Kier alpha value is -2.40. The molecule has 31 heavy (non-hydrogen) atoms. The van der Waals surface area contributed by atoms with E-state index in [1.807, 2.05) is 6.07 Å². The lowest BCUT2D eigenvalue weighted by atomic mass is 10.1. The Balaban J connectivity index is 1.31. The zero-order valence-electron chi connectivity index (χ0n) is 17.6. The Bertz CT molecular complexity index is 915. The van der Waals surface area contributed by atoms with Gasteiger partial charge in [0, 0.05) is 19.2 Å². The maximum absolute atomic E-state index is 11.9. The molecule has 0 saturated carbocycles. The number of benzene rings is 1. The van der Waals surface area contributed by atoms with Crippen LogP contribution < -0.4 is 5.32 Å². The highest BCUT2D eigenvalue weighted by Crippen LogP contribution is 2.35. The van der Waals surface area contributed by atoms with Crippen LogP contribution in [0.1, 0.15) is 24.4 Å². The second-order valence-corrected chi connectivity index (χ2v) is 8.40. The summed E-state index contributed by atoms with van der Waals surface area (Å²) in [6, 6.07) is 8.05. The van der Waals surface area contributed by atoms with Crippen LogP contribution in [0.15, 0.2) is 24.3 Å². The predicted octanol–water partition coefficient (Wildman–Crippen LogP) is 0.406. The first-order valence-electron chi connectivity index (χ1n) is 10.8. The minimum atomic E-state index is -0.232. The van der Waals surface area contributed by atoms with Gasteiger partial charge in [0.15, 0.2) is 5.82 Å². The van der Waals surface area contributed by atoms with Gasteiger partial charge in [0.2, 0.25) is 5.91 Å². The van der Waals surface area contributed by atoms with E-state index < -0.39 is 0 Å². The number of carbonyl (C=O) groups excluding carboxylic acids is 1. The highest BCUT2D eigenvalue weighted by molar-refractivity contribution is 5.77. The number of amides is 1. The van der Waals surface area contributed by atoms with Crippen molar-refractivity contribution in [2.24, 2.45) is 0 Å². The van der Waals surface area contributed by atoms with E-state index in [-0.39, 0.29) is 36.8 Å². The van der Waals surface area contributed by atoms with Gasteiger partial charge < -0.3 is 19.5 Å². The SMILES string of the molecule is COCC(=O)N[C@H]1CO[C@H]2[C@@H]1OC[C@@H]2n1nnnc1-c1cccc(CN2CCCC2)c1. The second-order valence-electron chi connectivity index (χ2n) is 8.40. The monoisotopic (exact) mass is 428 g/mol. The third-order valence-corrected chi connectivity index (χ3v) is 6.25. The molecule has 1 aromatic heterocycles. The topological polar surface area (TPSA) is 104 Å². The Morgan fingerprint density at radius 1 is 1.23 bits per heavy atom. The summed E-state index contributed by atoms with van der Waals surface area (Å²) in [5.74, 6) is 0.523. The summed E-state index contributed by atoms with van der Waals surface area (Å²) in [6.45, 7) is 4.09. The van der Waals surface area contributed by atoms with Crippen LogP contribution in [0.3, 0.4) is 0 Å². The molecule has 1 N–H and O–H groups in total. The van der Waals surface area contributed by atoms with Crippen LogP contribution in [0.2, 0.25) is 0 Å². The van der Waals surface area contributed by atoms with Crippen LogP contribution in [-0.2, 0) is 25.5 Å². The van der Waals surface area contributed by atoms with Gasteiger partial charge in [-0.05, 0) is 48.0 Å². The molecule has 3 fully saturated rings. The molecule has 3 aliphatic rings. The van der Waals surface area contributed by atoms with E-state index >= 15 is 0 Å². The summed E-state index contributed by atoms with van der Waals surface area (Å²) < 4.78 is 18.7. The molecule has 4 atom stereocenters. The van der Waals surface area contributed by atoms with Crippen LogP contribution in [0, 0.1) is 0 Å². The van der Waals surface area contributed by atoms with E-state index in [4.69, 9.17) is 14.2 Å². The lowest BCUT2D eigenvalue weighted by Crippen LogP contribution is -2.45. The van der Waals surface area contributed by atoms with Gasteiger partial charge in [-0.25, -0.2) is 4.68 Å². The maximum atomic E-state index is 11.9. The average molecular weight is 428 g/mol. The van der Waals surface area contributed by atoms with Gasteiger partial charge in [-0.3, -0.25) is 9.69 Å². The minimum absolute atomic E-state index is 0.0161. The molecule has 0 unspecified atom stereocenters. The first-order chi connectivity index (χ1) is 15.2. The third kappa shape index (κ3) is 4.20. The molecule has 0 aliphatic carbocycles. The van der Waals surface area contributed by atoms with Crippen molar-refractivity contribution in [2.75, 3.05) is 40.0 Å². The highest BCUT2D eigenvalue weighted by Gasteiger charge is 2.50. The fourth-order valence-corrected chi connectivity index (χ4v) is 4.81. The van der Waals surface area contributed by atoms with Gasteiger partial charge in [0.25, 0.3) is 0 Å². The molecule has 5 rings (SSSR count). The number of hydrogen-bond acceptors (Lipinski definition) is 8. The summed E-state index contributed by atoms with van der Waals surface area (Å²) in [7, 11) is 1.50. The fraction of sp³-hybridized carbons (Fsp3) is 0.619. The number of likely N-dealkylation sites (tertiary alicyclic amines) is 1. The van der Waals surface area contributed by atoms with Crippen molar-refractivity contribution in [1.29, 1.82) is 0 Å². The largest absolute Gasteiger partial charge is 0.375 e. The molecule has 4 heterocycles. The molecule has 3 saturated heterocycles. The summed E-state index contributed by atoms with van der Waals surface area (Å²) in [5.41, 5.74) is 2.24. The molecule has 10 nitrogen and oxygen atoms in total. The fourth-order valence-electron chi connectivity index (χ4n) is 4.81. The van der Waals surface area contributed by atoms with Gasteiger partial charge in [-0.15, -0.1) is 5.10 Å². The van der Waals surface area contributed by atoms with E-state index in [9.17, 15) is 4.79 Å². The molecule has 166 valence electrons. The van der Waals surface area contributed by atoms with Crippen molar-refractivity contribution in [3.05, 3.63) is 29.8 Å². The zero-order chi connectivity index (χ0) is 21.2. The summed E-state index contributed by atoms with van der Waals surface area (Å²) in [6.07, 6.45) is 2.09. The van der Waals surface area contributed by atoms with Crippen molar-refractivity contribution >= 4 is 5.91 Å². The van der Waals surface area contributed by atoms with Crippen LogP contribution in [-0.4, -0.2) is 89.3 Å². The first-order valence-corrected chi connectivity index (χ1v) is 10.8. The van der Waals surface area contributed by atoms with Gasteiger partial charge >= 0.3 is 0 Å². The average Bonchev–Trinajstić information content (AvgIpc) is 3.55. The molecule has 10 heteroatoms. The number of rotatable bonds is 7. The second kappa shape index (κ2) is 8.99. The number of fused-ring (bicyclic) bond motifs is 1. The summed E-state index contributed by atoms with van der Waals surface area (Å²) in [5, 5.41) is 15.4. The number of nitrogens with one attached hydrogen (secondary N) is 1. The van der Waals surface area contributed by atoms with Crippen LogP contribution in [0.5, 0.6) is 0 Å². The zero-order valence-corrected chi connectivity index (χ0v) is 17.6. The predicted molar refractivity (Wildman–Crippen MR) is 110 cm³/mol. The molecule has 0 spiro atoms. The van der Waals surface area contributed by atoms with Gasteiger partial charge in [0.05, 0.1) is 19.3 Å². The normalized spacial score (nSPS) is 28.2. The molecule has 1 amide bonds. The van der Waals surface area contributed by atoms with Crippen molar-refractivity contribution < 1.29 is 19.0 Å². The molecular weight excluding hydrogens is 400 g/mol. The molecule has 3 aliphatic heterocycles. The Kier molecular flexibility index (Phi) is 5.95. The first kappa shape index (κ1) is 20.5. The Labute approximate surface area is 180 Å². The van der Waals surface area contributed by atoms with Crippen LogP contribution >= 0.6 is 0 Å². The van der Waals surface area contributed by atoms with E-state index in [1.165, 1.54) is 25.5 Å². The van der Waals surface area contributed by atoms with Gasteiger partial charge in [-0.2, -0.15) is 0 Å². The standard InChI is InChI=1S/C21H28N6O4/c1-29-13-18(28)22-16-11-30-20-17(12-31-19(16)20)27-21(23-24-25-27)15-6-4-5-14(9-15)10-26-7-2-3-8-26/h4-6,9,16-17,19-20H,2-3,7-8,10-13H2,1H3,(H,22,28)/t16-,17-,19+,20+/m0/s1. The molecule has 0 bridgehead atoms. The third-order valence-electron chi connectivity index (χ3n) is 6.25. The minimum Gasteiger partial charge on any atom is -0.375 e. The Morgan fingerprint density at radius 2 is 2.06 bits per heavy atom. The summed E-state index contributed by atoms with van der Waals surface area (Å²) >= 11 is 0. The number of ether oxygens (including phenoxy) is 3. The maximum Gasteiger partial charge on any atom is 0.246 e. The molecule has 2 aromatic rings. The van der Waals surface area contributed by atoms with Crippen molar-refractivity contribution in [3.63, 3.8) is 0 Å². The Morgan fingerprint density at radius 3 is 2.90 bits per heavy atom. The molecular formula is C21H28N6O4. The number of carbonyl (C=O) groups is 1. The number of aromatic nitrogens is 4. The smallest absolute Gasteiger partial charge is 0.246 e. The van der Waals surface area contributed by atoms with Crippen LogP contribution in [0.4, 0.5) is 0 Å². The van der Waals surface area contributed by atoms with E-state index in [2.05, 4.69) is 43.9 Å². The van der Waals surface area contributed by atoms with E-state index in [0.717, 1.165) is 25.2 Å². The lowest BCUT2D eigenvalue weighted by molar-refractivity contribution is -0.126.